The van der Waals surface area contributed by atoms with Crippen LogP contribution in [0, 0.1) is 0 Å². The van der Waals surface area contributed by atoms with Crippen LogP contribution in [0.25, 0.3) is 0 Å². The molecule has 0 aliphatic heterocycles. The number of hydrogen-bond donors (Lipinski definition) is 0. The Morgan fingerprint density at radius 1 is 0.667 bits per heavy atom. The molecule has 0 saturated carbocycles. The molecule has 0 amide bonds. The molecule has 0 unspecified atom stereocenters. The van der Waals surface area contributed by atoms with Gasteiger partial charge in [0.15, 0.2) is 0 Å². The summed E-state index contributed by atoms with van der Waals surface area (Å²) in [6.45, 7) is 8.30. The number of rotatable bonds is 9. The first-order valence-corrected chi connectivity index (χ1v) is 51.3. The average Bonchev–Trinajstić information content (AvgIpc) is 2.41. The van der Waals surface area contributed by atoms with Crippen LogP contribution >= 0.6 is 0 Å². The molecule has 0 heterocycles. The van der Waals surface area contributed by atoms with Crippen LogP contribution < -0.4 is 0 Å². The molecule has 5 heteroatoms. The van der Waals surface area contributed by atoms with E-state index in [1.165, 1.54) is 19.1 Å². The Hall–Kier alpha value is 2.78. The summed E-state index contributed by atoms with van der Waals surface area (Å²) in [7, 11) is 0. The van der Waals surface area contributed by atoms with Crippen molar-refractivity contribution >= 4 is 80.2 Å². The van der Waals surface area contributed by atoms with Gasteiger partial charge in [-0.25, -0.2) is 0 Å². The summed E-state index contributed by atoms with van der Waals surface area (Å²) in [6.07, 6.45) is 3.96. The molecular formula is C22H51BSn4. The van der Waals surface area contributed by atoms with Gasteiger partial charge in [0.25, 0.3) is 0 Å². The van der Waals surface area contributed by atoms with E-state index in [-0.39, 0.29) is 0 Å². The quantitative estimate of drug-likeness (QED) is 0.162. The van der Waals surface area contributed by atoms with Crippen molar-refractivity contribution in [2.24, 2.45) is 0 Å². The predicted molar refractivity (Wildman–Crippen MR) is 144 cm³/mol. The van der Waals surface area contributed by atoms with Gasteiger partial charge in [0.05, 0.1) is 0 Å². The molecule has 0 aliphatic rings. The van der Waals surface area contributed by atoms with Gasteiger partial charge < -0.3 is 0 Å². The van der Waals surface area contributed by atoms with E-state index in [2.05, 4.69) is 85.8 Å². The van der Waals surface area contributed by atoms with E-state index in [1.54, 1.807) is 0 Å². The van der Waals surface area contributed by atoms with Crippen LogP contribution in [-0.2, 0) is 0 Å². The standard InChI is InChI=1S/C10H15B.12CH3.4Sn/c1-5-10(6-2)9-11(7-3)8-4;;;;;;;;;;;;;;;;/h5,7-8H2,1,3-4H3;12*1H3;;;;. The SMILES string of the molecule is CCB(CC)[C](C(=C=[C]([Sn]([CH3])([CH3])[CH3])[Sn]([CH3])([CH3])[CH3])CC)([Sn]([CH3])([CH3])[CH3])[Sn]([CH3])([CH3])[CH3]. The van der Waals surface area contributed by atoms with Gasteiger partial charge in [-0.1, -0.05) is 0 Å². The minimum atomic E-state index is -2.30. The summed E-state index contributed by atoms with van der Waals surface area (Å²) in [5, 5.41) is 0. The Labute approximate surface area is 190 Å². The second-order valence-corrected chi connectivity index (χ2v) is 79.5. The summed E-state index contributed by atoms with van der Waals surface area (Å²) in [5.41, 5.74) is 6.24. The fourth-order valence-corrected chi connectivity index (χ4v) is 124. The first kappa shape index (κ1) is 29.8. The molecule has 0 aromatic carbocycles. The molecule has 0 nitrogen and oxygen atoms in total. The first-order chi connectivity index (χ1) is 11.8. The average molecular weight is 801 g/mol. The molecule has 0 spiro atoms. The van der Waals surface area contributed by atoms with Crippen molar-refractivity contribution in [2.75, 3.05) is 0 Å². The van der Waals surface area contributed by atoms with Gasteiger partial charge in [0, 0.05) is 0 Å². The fraction of sp³-hybridized carbons (Fsp3) is 0.864. The van der Waals surface area contributed by atoms with E-state index < -0.39 is 73.5 Å². The number of allylic oxidation sites excluding steroid dienone is 1. The van der Waals surface area contributed by atoms with Gasteiger partial charge in [-0.3, -0.25) is 0 Å². The van der Waals surface area contributed by atoms with Crippen molar-refractivity contribution in [1.82, 2.24) is 0 Å². The Morgan fingerprint density at radius 3 is 1.19 bits per heavy atom. The fourth-order valence-electron chi connectivity index (χ4n) is 6.52. The zero-order valence-electron chi connectivity index (χ0n) is 21.7. The van der Waals surface area contributed by atoms with E-state index >= 15 is 0 Å². The molecule has 158 valence electrons. The molecule has 0 atom stereocenters. The third-order valence-electron chi connectivity index (χ3n) is 6.57. The molecule has 27 heavy (non-hydrogen) atoms. The van der Waals surface area contributed by atoms with E-state index in [9.17, 15) is 0 Å². The van der Waals surface area contributed by atoms with Gasteiger partial charge in [-0.2, -0.15) is 0 Å². The van der Waals surface area contributed by atoms with Gasteiger partial charge >= 0.3 is 194 Å². The van der Waals surface area contributed by atoms with E-state index in [0.717, 1.165) is 6.71 Å². The van der Waals surface area contributed by atoms with Crippen LogP contribution in [0.15, 0.2) is 12.9 Å². The maximum absolute atomic E-state index is 4.41. The molecule has 0 rings (SSSR count). The molecular weight excluding hydrogens is 750 g/mol. The van der Waals surface area contributed by atoms with Crippen molar-refractivity contribution < 1.29 is 0 Å². The summed E-state index contributed by atoms with van der Waals surface area (Å²) in [5.74, 6) is 0. The third kappa shape index (κ3) is 6.88. The van der Waals surface area contributed by atoms with E-state index in [1.807, 2.05) is 7.18 Å². The molecule has 0 bridgehead atoms. The molecule has 0 fully saturated rings. The summed E-state index contributed by atoms with van der Waals surface area (Å²) in [6, 6.07) is 0. The van der Waals surface area contributed by atoms with Crippen LogP contribution in [0.3, 0.4) is 0 Å². The van der Waals surface area contributed by atoms with Crippen LogP contribution in [0.4, 0.5) is 0 Å². The summed E-state index contributed by atoms with van der Waals surface area (Å²) >= 11 is -8.89. The first-order valence-electron chi connectivity index (χ1n) is 11.3. The Kier molecular flexibility index (Phi) is 11.7. The third-order valence-corrected chi connectivity index (χ3v) is 90.8. The van der Waals surface area contributed by atoms with E-state index in [0.29, 0.717) is 1.35 Å². The van der Waals surface area contributed by atoms with Crippen molar-refractivity contribution in [3.05, 3.63) is 12.9 Å². The summed E-state index contributed by atoms with van der Waals surface area (Å²) in [4.78, 5) is 32.4. The van der Waals surface area contributed by atoms with Gasteiger partial charge in [0.1, 0.15) is 0 Å². The normalized spacial score (nSPS) is 14.0. The van der Waals surface area contributed by atoms with Crippen LogP contribution in [-0.4, -0.2) is 80.2 Å². The molecule has 0 N–H and O–H groups in total. The van der Waals surface area contributed by atoms with Crippen molar-refractivity contribution in [2.45, 2.75) is 100 Å². The monoisotopic (exact) mass is 806 g/mol. The zero-order valence-corrected chi connectivity index (χ0v) is 33.1. The Bertz CT molecular complexity index is 525. The second kappa shape index (κ2) is 10.6. The molecule has 0 aliphatic carbocycles. The van der Waals surface area contributed by atoms with Crippen LogP contribution in [0.2, 0.25) is 73.3 Å². The van der Waals surface area contributed by atoms with Crippen LogP contribution in [0.1, 0.15) is 27.2 Å². The van der Waals surface area contributed by atoms with Gasteiger partial charge in [0.2, 0.25) is 0 Å². The minimum absolute atomic E-state index is 0.598. The van der Waals surface area contributed by atoms with E-state index in [4.69, 9.17) is 0 Å². The molecule has 0 radical (unpaired) electrons. The van der Waals surface area contributed by atoms with Crippen molar-refractivity contribution in [3.63, 3.8) is 0 Å². The predicted octanol–water partition coefficient (Wildman–Crippen LogP) is 8.63. The zero-order chi connectivity index (χ0) is 22.1. The maximum atomic E-state index is 4.41. The second-order valence-electron chi connectivity index (χ2n) is 12.7. The Morgan fingerprint density at radius 2 is 1.00 bits per heavy atom. The van der Waals surface area contributed by atoms with Gasteiger partial charge in [-0.05, 0) is 0 Å². The van der Waals surface area contributed by atoms with Crippen LogP contribution in [0.5, 0.6) is 0 Å². The molecule has 0 aromatic heterocycles. The number of hydrogen-bond acceptors (Lipinski definition) is 0. The van der Waals surface area contributed by atoms with Crippen molar-refractivity contribution in [1.29, 1.82) is 0 Å². The van der Waals surface area contributed by atoms with Crippen molar-refractivity contribution in [3.8, 4) is 0 Å². The molecule has 0 saturated heterocycles. The van der Waals surface area contributed by atoms with Gasteiger partial charge in [-0.15, -0.1) is 0 Å². The summed E-state index contributed by atoms with van der Waals surface area (Å²) < 4.78 is 2.54. The topological polar surface area (TPSA) is 0 Å². The molecule has 0 aromatic rings. The Balaban J connectivity index is 7.60.